The van der Waals surface area contributed by atoms with Crippen LogP contribution in [0.2, 0.25) is 0 Å². The van der Waals surface area contributed by atoms with Gasteiger partial charge in [-0.25, -0.2) is 4.98 Å². The van der Waals surface area contributed by atoms with Gasteiger partial charge in [-0.3, -0.25) is 13.9 Å². The second-order valence-electron chi connectivity index (χ2n) is 4.48. The lowest BCUT2D eigenvalue weighted by Crippen LogP contribution is -2.15. The molecule has 0 spiro atoms. The van der Waals surface area contributed by atoms with Gasteiger partial charge in [0, 0.05) is 23.3 Å². The SMILES string of the molecule is Cc1cn2c(=O)cc(Cn3ccc(C(F)(F)F)n3)nc2s1. The summed E-state index contributed by atoms with van der Waals surface area (Å²) in [6.45, 7) is 1.86. The Morgan fingerprint density at radius 3 is 2.81 bits per heavy atom. The summed E-state index contributed by atoms with van der Waals surface area (Å²) in [4.78, 5) is 17.6. The van der Waals surface area contributed by atoms with E-state index in [0.29, 0.717) is 10.7 Å². The van der Waals surface area contributed by atoms with E-state index in [-0.39, 0.29) is 12.1 Å². The summed E-state index contributed by atoms with van der Waals surface area (Å²) in [6.07, 6.45) is -1.59. The zero-order chi connectivity index (χ0) is 15.2. The third-order valence-electron chi connectivity index (χ3n) is 2.79. The van der Waals surface area contributed by atoms with Gasteiger partial charge in [0.15, 0.2) is 10.7 Å². The van der Waals surface area contributed by atoms with Crippen molar-refractivity contribution in [3.63, 3.8) is 0 Å². The zero-order valence-electron chi connectivity index (χ0n) is 10.8. The Balaban J connectivity index is 1.94. The van der Waals surface area contributed by atoms with Crippen LogP contribution in [0.25, 0.3) is 4.96 Å². The predicted octanol–water partition coefficient (Wildman–Crippen LogP) is 2.33. The Morgan fingerprint density at radius 2 is 2.14 bits per heavy atom. The second-order valence-corrected chi connectivity index (χ2v) is 5.69. The van der Waals surface area contributed by atoms with E-state index in [0.717, 1.165) is 15.6 Å². The van der Waals surface area contributed by atoms with E-state index in [9.17, 15) is 18.0 Å². The molecule has 0 aliphatic carbocycles. The van der Waals surface area contributed by atoms with E-state index >= 15 is 0 Å². The Kier molecular flexibility index (Phi) is 3.08. The molecule has 9 heteroatoms. The molecule has 3 rings (SSSR count). The minimum Gasteiger partial charge on any atom is -0.269 e. The third kappa shape index (κ3) is 2.68. The monoisotopic (exact) mass is 314 g/mol. The number of nitrogens with zero attached hydrogens (tertiary/aromatic N) is 4. The van der Waals surface area contributed by atoms with Crippen molar-refractivity contribution >= 4 is 16.3 Å². The fourth-order valence-electron chi connectivity index (χ4n) is 1.91. The van der Waals surface area contributed by atoms with Crippen molar-refractivity contribution in [2.75, 3.05) is 0 Å². The Morgan fingerprint density at radius 1 is 1.38 bits per heavy atom. The van der Waals surface area contributed by atoms with Gasteiger partial charge in [-0.15, -0.1) is 11.3 Å². The summed E-state index contributed by atoms with van der Waals surface area (Å²) in [6, 6.07) is 2.19. The van der Waals surface area contributed by atoms with Gasteiger partial charge in [-0.05, 0) is 13.0 Å². The molecule has 0 unspecified atom stereocenters. The maximum absolute atomic E-state index is 12.5. The molecule has 0 aliphatic rings. The molecular formula is C12H9F3N4OS. The van der Waals surface area contributed by atoms with Crippen molar-refractivity contribution in [2.45, 2.75) is 19.6 Å². The number of hydrogen-bond acceptors (Lipinski definition) is 4. The molecule has 0 bridgehead atoms. The maximum atomic E-state index is 12.5. The van der Waals surface area contributed by atoms with Gasteiger partial charge in [0.1, 0.15) is 0 Å². The number of hydrogen-bond donors (Lipinski definition) is 0. The fraction of sp³-hybridized carbons (Fsp3) is 0.250. The molecule has 0 amide bonds. The largest absolute Gasteiger partial charge is 0.435 e. The number of aromatic nitrogens is 4. The summed E-state index contributed by atoms with van der Waals surface area (Å²) in [7, 11) is 0. The predicted molar refractivity (Wildman–Crippen MR) is 70.4 cm³/mol. The summed E-state index contributed by atoms with van der Waals surface area (Å²) in [5.74, 6) is 0. The molecule has 5 nitrogen and oxygen atoms in total. The topological polar surface area (TPSA) is 52.2 Å². The Bertz CT molecular complexity index is 861. The van der Waals surface area contributed by atoms with Crippen molar-refractivity contribution in [2.24, 2.45) is 0 Å². The minimum absolute atomic E-state index is 0.0127. The van der Waals surface area contributed by atoms with E-state index in [1.807, 2.05) is 6.92 Å². The zero-order valence-corrected chi connectivity index (χ0v) is 11.6. The summed E-state index contributed by atoms with van der Waals surface area (Å²) in [5.41, 5.74) is -0.853. The molecule has 0 aliphatic heterocycles. The van der Waals surface area contributed by atoms with Crippen LogP contribution in [0.1, 0.15) is 16.3 Å². The lowest BCUT2D eigenvalue weighted by atomic mass is 10.4. The van der Waals surface area contributed by atoms with Crippen molar-refractivity contribution in [3.8, 4) is 0 Å². The van der Waals surface area contributed by atoms with Gasteiger partial charge in [0.05, 0.1) is 12.2 Å². The first kappa shape index (κ1) is 13.8. The molecule has 3 aromatic heterocycles. The van der Waals surface area contributed by atoms with Crippen LogP contribution in [0.4, 0.5) is 13.2 Å². The summed E-state index contributed by atoms with van der Waals surface area (Å²) >= 11 is 1.34. The molecule has 0 fully saturated rings. The maximum Gasteiger partial charge on any atom is 0.435 e. The molecule has 0 N–H and O–H groups in total. The van der Waals surface area contributed by atoms with Crippen LogP contribution in [-0.4, -0.2) is 19.2 Å². The molecule has 110 valence electrons. The van der Waals surface area contributed by atoms with E-state index in [4.69, 9.17) is 0 Å². The number of aryl methyl sites for hydroxylation is 1. The van der Waals surface area contributed by atoms with Crippen LogP contribution in [0.3, 0.4) is 0 Å². The molecule has 0 saturated carbocycles. The van der Waals surface area contributed by atoms with Crippen LogP contribution < -0.4 is 5.56 Å². The van der Waals surface area contributed by atoms with Crippen LogP contribution in [0.5, 0.6) is 0 Å². The Hall–Kier alpha value is -2.16. The van der Waals surface area contributed by atoms with Gasteiger partial charge in [-0.2, -0.15) is 18.3 Å². The van der Waals surface area contributed by atoms with E-state index < -0.39 is 11.9 Å². The first-order valence-electron chi connectivity index (χ1n) is 5.92. The highest BCUT2D eigenvalue weighted by molar-refractivity contribution is 7.16. The average Bonchev–Trinajstić information content (AvgIpc) is 2.95. The minimum atomic E-state index is -4.48. The lowest BCUT2D eigenvalue weighted by molar-refractivity contribution is -0.141. The van der Waals surface area contributed by atoms with Crippen LogP contribution >= 0.6 is 11.3 Å². The molecule has 0 atom stereocenters. The van der Waals surface area contributed by atoms with Crippen molar-refractivity contribution in [1.29, 1.82) is 0 Å². The van der Waals surface area contributed by atoms with Gasteiger partial charge in [0.2, 0.25) is 0 Å². The van der Waals surface area contributed by atoms with Crippen molar-refractivity contribution in [3.05, 3.63) is 51.1 Å². The third-order valence-corrected chi connectivity index (χ3v) is 3.69. The number of alkyl halides is 3. The number of halogens is 3. The Labute approximate surface area is 120 Å². The van der Waals surface area contributed by atoms with Gasteiger partial charge < -0.3 is 0 Å². The highest BCUT2D eigenvalue weighted by atomic mass is 32.1. The van der Waals surface area contributed by atoms with Crippen molar-refractivity contribution in [1.82, 2.24) is 19.2 Å². The second kappa shape index (κ2) is 4.69. The number of thiazole rings is 1. The molecular weight excluding hydrogens is 305 g/mol. The van der Waals surface area contributed by atoms with Gasteiger partial charge in [-0.1, -0.05) is 0 Å². The summed E-state index contributed by atoms with van der Waals surface area (Å²) in [5, 5.41) is 3.44. The molecule has 21 heavy (non-hydrogen) atoms. The molecule has 0 radical (unpaired) electrons. The van der Waals surface area contributed by atoms with Crippen LogP contribution in [-0.2, 0) is 12.7 Å². The fourth-order valence-corrected chi connectivity index (χ4v) is 2.76. The first-order valence-corrected chi connectivity index (χ1v) is 6.74. The smallest absolute Gasteiger partial charge is 0.269 e. The van der Waals surface area contributed by atoms with Crippen LogP contribution in [0.15, 0.2) is 29.3 Å². The lowest BCUT2D eigenvalue weighted by Gasteiger charge is -2.03. The average molecular weight is 314 g/mol. The number of fused-ring (bicyclic) bond motifs is 1. The first-order chi connectivity index (χ1) is 9.83. The molecule has 0 saturated heterocycles. The van der Waals surface area contributed by atoms with Crippen molar-refractivity contribution < 1.29 is 13.2 Å². The summed E-state index contributed by atoms with van der Waals surface area (Å²) < 4.78 is 39.9. The van der Waals surface area contributed by atoms with E-state index in [1.54, 1.807) is 6.20 Å². The highest BCUT2D eigenvalue weighted by Gasteiger charge is 2.33. The van der Waals surface area contributed by atoms with Gasteiger partial charge >= 0.3 is 6.18 Å². The molecule has 3 heterocycles. The quantitative estimate of drug-likeness (QED) is 0.729. The molecule has 0 aromatic carbocycles. The number of rotatable bonds is 2. The highest BCUT2D eigenvalue weighted by Crippen LogP contribution is 2.27. The van der Waals surface area contributed by atoms with E-state index in [2.05, 4.69) is 10.1 Å². The van der Waals surface area contributed by atoms with Crippen LogP contribution in [0, 0.1) is 6.92 Å². The normalized spacial score (nSPS) is 12.2. The molecule has 3 aromatic rings. The van der Waals surface area contributed by atoms with Gasteiger partial charge in [0.25, 0.3) is 5.56 Å². The standard InChI is InChI=1S/C12H9F3N4OS/c1-7-5-19-10(20)4-8(16-11(19)21-7)6-18-3-2-9(17-18)12(13,14)15/h2-5H,6H2,1H3. The van der Waals surface area contributed by atoms with E-state index in [1.165, 1.54) is 28.0 Å².